The molecule has 0 aliphatic heterocycles. The molecule has 0 aliphatic rings. The molecule has 1 aromatic rings. The summed E-state index contributed by atoms with van der Waals surface area (Å²) >= 11 is 2.34. The van der Waals surface area contributed by atoms with Gasteiger partial charge >= 0.3 is 5.97 Å². The van der Waals surface area contributed by atoms with Crippen LogP contribution in [-0.4, -0.2) is 46.9 Å². The Morgan fingerprint density at radius 3 is 2.57 bits per heavy atom. The molecule has 8 nitrogen and oxygen atoms in total. The third-order valence-corrected chi connectivity index (χ3v) is 4.31. The first kappa shape index (κ1) is 19.4. The molecule has 0 fully saturated rings. The summed E-state index contributed by atoms with van der Waals surface area (Å²) < 4.78 is 5.35. The van der Waals surface area contributed by atoms with E-state index in [1.165, 1.54) is 11.8 Å². The number of ether oxygens (including phenoxy) is 1. The van der Waals surface area contributed by atoms with Crippen molar-refractivity contribution in [2.45, 2.75) is 32.0 Å². The van der Waals surface area contributed by atoms with E-state index in [0.717, 1.165) is 11.3 Å². The predicted molar refractivity (Wildman–Crippen MR) is 88.4 cm³/mol. The van der Waals surface area contributed by atoms with E-state index in [1.807, 2.05) is 0 Å². The van der Waals surface area contributed by atoms with Crippen LogP contribution in [0.3, 0.4) is 0 Å². The van der Waals surface area contributed by atoms with E-state index in [9.17, 15) is 14.4 Å². The number of aromatic nitrogens is 2. The number of rotatable bonds is 7. The van der Waals surface area contributed by atoms with Crippen LogP contribution in [0.4, 0.5) is 5.13 Å². The molecule has 128 valence electrons. The molecule has 0 aromatic carbocycles. The van der Waals surface area contributed by atoms with Crippen LogP contribution in [0.15, 0.2) is 4.34 Å². The molecule has 0 unspecified atom stereocenters. The topological polar surface area (TPSA) is 110 Å². The average Bonchev–Trinajstić information content (AvgIpc) is 2.89. The number of nitrogens with zero attached hydrogens (tertiary/aromatic N) is 2. The van der Waals surface area contributed by atoms with E-state index >= 15 is 0 Å². The summed E-state index contributed by atoms with van der Waals surface area (Å²) in [5, 5.41) is 13.1. The zero-order chi connectivity index (χ0) is 17.5. The highest BCUT2D eigenvalue weighted by Crippen LogP contribution is 2.25. The second-order valence-electron chi connectivity index (χ2n) is 5.45. The van der Waals surface area contributed by atoms with Gasteiger partial charge in [-0.15, -0.1) is 10.2 Å². The molecule has 0 saturated heterocycles. The molecule has 1 rings (SSSR count). The van der Waals surface area contributed by atoms with E-state index in [-0.39, 0.29) is 30.1 Å². The van der Waals surface area contributed by atoms with Gasteiger partial charge < -0.3 is 10.1 Å². The third-order valence-electron chi connectivity index (χ3n) is 2.36. The highest BCUT2D eigenvalue weighted by atomic mass is 32.2. The Bertz CT molecular complexity index is 569. The first-order valence-electron chi connectivity index (χ1n) is 6.92. The van der Waals surface area contributed by atoms with Crippen LogP contribution in [0, 0.1) is 5.41 Å². The summed E-state index contributed by atoms with van der Waals surface area (Å²) in [5.74, 6) is -0.794. The number of nitrogens with one attached hydrogen (secondary N) is 2. The van der Waals surface area contributed by atoms with Crippen molar-refractivity contribution in [2.75, 3.05) is 24.2 Å². The van der Waals surface area contributed by atoms with Crippen molar-refractivity contribution in [2.24, 2.45) is 5.41 Å². The fourth-order valence-corrected chi connectivity index (χ4v) is 2.80. The maximum absolute atomic E-state index is 11.7. The number of carbonyl (C=O) groups excluding carboxylic acids is 3. The van der Waals surface area contributed by atoms with Crippen molar-refractivity contribution < 1.29 is 19.1 Å². The van der Waals surface area contributed by atoms with Crippen molar-refractivity contribution in [1.29, 1.82) is 0 Å². The summed E-state index contributed by atoms with van der Waals surface area (Å²) in [6.07, 6.45) is 0. The zero-order valence-electron chi connectivity index (χ0n) is 13.5. The van der Waals surface area contributed by atoms with Crippen molar-refractivity contribution in [3.63, 3.8) is 0 Å². The van der Waals surface area contributed by atoms with Gasteiger partial charge in [-0.2, -0.15) is 0 Å². The molecule has 1 heterocycles. The summed E-state index contributed by atoms with van der Waals surface area (Å²) in [6, 6.07) is 0. The smallest absolute Gasteiger partial charge is 0.316 e. The number of amides is 2. The predicted octanol–water partition coefficient (Wildman–Crippen LogP) is 1.29. The molecular formula is C13H20N4O4S2. The first-order chi connectivity index (χ1) is 10.7. The Hall–Kier alpha value is -1.68. The summed E-state index contributed by atoms with van der Waals surface area (Å²) in [6.45, 7) is 7.21. The Morgan fingerprint density at radius 1 is 1.26 bits per heavy atom. The Morgan fingerprint density at radius 2 is 1.96 bits per heavy atom. The summed E-state index contributed by atoms with van der Waals surface area (Å²) in [5.41, 5.74) is -0.556. The maximum atomic E-state index is 11.7. The van der Waals surface area contributed by atoms with Gasteiger partial charge in [0.2, 0.25) is 16.9 Å². The summed E-state index contributed by atoms with van der Waals surface area (Å²) in [4.78, 5) is 34.6. The maximum Gasteiger partial charge on any atom is 0.316 e. The van der Waals surface area contributed by atoms with Crippen molar-refractivity contribution >= 4 is 46.0 Å². The van der Waals surface area contributed by atoms with Crippen molar-refractivity contribution in [3.05, 3.63) is 0 Å². The van der Waals surface area contributed by atoms with Gasteiger partial charge in [-0.3, -0.25) is 19.7 Å². The normalized spacial score (nSPS) is 11.0. The number of carbonyl (C=O) groups is 3. The summed E-state index contributed by atoms with van der Waals surface area (Å²) in [7, 11) is 0. The van der Waals surface area contributed by atoms with E-state index in [4.69, 9.17) is 4.74 Å². The fourth-order valence-electron chi connectivity index (χ4n) is 1.23. The van der Waals surface area contributed by atoms with Gasteiger partial charge in [0.25, 0.3) is 0 Å². The van der Waals surface area contributed by atoms with E-state index in [0.29, 0.717) is 16.1 Å². The molecule has 1 aromatic heterocycles. The number of thioether (sulfide) groups is 1. The van der Waals surface area contributed by atoms with Gasteiger partial charge in [-0.25, -0.2) is 0 Å². The van der Waals surface area contributed by atoms with Gasteiger partial charge in [-0.05, 0) is 6.92 Å². The van der Waals surface area contributed by atoms with Crippen molar-refractivity contribution in [3.8, 4) is 0 Å². The first-order valence-corrected chi connectivity index (χ1v) is 8.72. The lowest BCUT2D eigenvalue weighted by atomic mass is 9.96. The molecule has 0 bridgehead atoms. The minimum Gasteiger partial charge on any atom is -0.465 e. The Balaban J connectivity index is 2.39. The molecule has 0 spiro atoms. The van der Waals surface area contributed by atoms with Crippen LogP contribution in [0.1, 0.15) is 27.7 Å². The lowest BCUT2D eigenvalue weighted by molar-refractivity contribution is -0.139. The van der Waals surface area contributed by atoms with Crippen LogP contribution < -0.4 is 10.6 Å². The van der Waals surface area contributed by atoms with E-state index < -0.39 is 5.41 Å². The van der Waals surface area contributed by atoms with Gasteiger partial charge in [0.15, 0.2) is 4.34 Å². The molecule has 10 heteroatoms. The molecule has 2 amide bonds. The van der Waals surface area contributed by atoms with E-state index in [1.54, 1.807) is 27.7 Å². The van der Waals surface area contributed by atoms with E-state index in [2.05, 4.69) is 20.8 Å². The molecule has 2 N–H and O–H groups in total. The average molecular weight is 360 g/mol. The molecule has 0 atom stereocenters. The molecule has 23 heavy (non-hydrogen) atoms. The van der Waals surface area contributed by atoms with Crippen LogP contribution in [0.2, 0.25) is 0 Å². The molecule has 0 saturated carbocycles. The number of hydrogen-bond acceptors (Lipinski definition) is 8. The number of esters is 1. The van der Waals surface area contributed by atoms with Crippen LogP contribution in [0.25, 0.3) is 0 Å². The van der Waals surface area contributed by atoms with Gasteiger partial charge in [0, 0.05) is 5.41 Å². The molecule has 0 aliphatic carbocycles. The standard InChI is InChI=1S/C13H20N4O4S2/c1-5-21-9(19)7-22-12-17-16-11(23-12)15-8(18)6-14-10(20)13(2,3)4/h5-7H2,1-4H3,(H,14,20)(H,15,16,18). The highest BCUT2D eigenvalue weighted by molar-refractivity contribution is 8.01. The molecule has 0 radical (unpaired) electrons. The van der Waals surface area contributed by atoms with Crippen LogP contribution in [-0.2, 0) is 19.1 Å². The second kappa shape index (κ2) is 8.82. The largest absolute Gasteiger partial charge is 0.465 e. The second-order valence-corrected chi connectivity index (χ2v) is 7.65. The number of anilines is 1. The monoisotopic (exact) mass is 360 g/mol. The minimum absolute atomic E-state index is 0.137. The van der Waals surface area contributed by atoms with Crippen LogP contribution in [0.5, 0.6) is 0 Å². The van der Waals surface area contributed by atoms with Crippen molar-refractivity contribution in [1.82, 2.24) is 15.5 Å². The van der Waals surface area contributed by atoms with Gasteiger partial charge in [0.05, 0.1) is 18.9 Å². The SMILES string of the molecule is CCOC(=O)CSc1nnc(NC(=O)CNC(=O)C(C)(C)C)s1. The fraction of sp³-hybridized carbons (Fsp3) is 0.615. The lowest BCUT2D eigenvalue weighted by Gasteiger charge is -2.16. The molecular weight excluding hydrogens is 340 g/mol. The number of hydrogen-bond donors (Lipinski definition) is 2. The zero-order valence-corrected chi connectivity index (χ0v) is 15.1. The minimum atomic E-state index is -0.556. The van der Waals surface area contributed by atoms with Gasteiger partial charge in [0.1, 0.15) is 0 Å². The lowest BCUT2D eigenvalue weighted by Crippen LogP contribution is -2.39. The third kappa shape index (κ3) is 7.42. The highest BCUT2D eigenvalue weighted by Gasteiger charge is 2.21. The Kier molecular flexibility index (Phi) is 7.43. The quantitative estimate of drug-likeness (QED) is 0.428. The Labute approximate surface area is 142 Å². The van der Waals surface area contributed by atoms with Gasteiger partial charge in [-0.1, -0.05) is 43.9 Å². The van der Waals surface area contributed by atoms with Crippen LogP contribution >= 0.6 is 23.1 Å².